The summed E-state index contributed by atoms with van der Waals surface area (Å²) in [5.74, 6) is 2.91. The van der Waals surface area contributed by atoms with Gasteiger partial charge in [0.05, 0.1) is 20.8 Å². The Kier molecular flexibility index (Phi) is 6.52. The zero-order chi connectivity index (χ0) is 20.9. The number of piperazine rings is 1. The molecule has 1 fully saturated rings. The molecule has 0 amide bonds. The largest absolute Gasteiger partial charge is 0.497 e. The number of halogens is 1. The van der Waals surface area contributed by atoms with Crippen LogP contribution in [0.15, 0.2) is 47.0 Å². The Hall–Kier alpha value is -2.61. The first-order valence-electron chi connectivity index (χ1n) is 9.89. The Morgan fingerprint density at radius 3 is 2.43 bits per heavy atom. The molecule has 0 N–H and O–H groups in total. The van der Waals surface area contributed by atoms with Gasteiger partial charge in [0.25, 0.3) is 0 Å². The molecule has 1 saturated heterocycles. The van der Waals surface area contributed by atoms with Crippen molar-refractivity contribution < 1.29 is 14.0 Å². The van der Waals surface area contributed by atoms with Gasteiger partial charge in [-0.2, -0.15) is 4.98 Å². The molecule has 0 radical (unpaired) electrons. The van der Waals surface area contributed by atoms with Crippen molar-refractivity contribution in [1.82, 2.24) is 19.9 Å². The van der Waals surface area contributed by atoms with Crippen molar-refractivity contribution >= 4 is 11.6 Å². The van der Waals surface area contributed by atoms with Gasteiger partial charge < -0.3 is 14.0 Å². The summed E-state index contributed by atoms with van der Waals surface area (Å²) in [6, 6.07) is 13.4. The molecular weight excluding hydrogens is 404 g/mol. The molecule has 8 heteroatoms. The molecule has 1 aromatic heterocycles. The monoisotopic (exact) mass is 428 g/mol. The van der Waals surface area contributed by atoms with Gasteiger partial charge in [0, 0.05) is 48.9 Å². The summed E-state index contributed by atoms with van der Waals surface area (Å²) in [5.41, 5.74) is 1.99. The quantitative estimate of drug-likeness (QED) is 0.568. The van der Waals surface area contributed by atoms with Crippen molar-refractivity contribution in [2.24, 2.45) is 0 Å². The van der Waals surface area contributed by atoms with Crippen molar-refractivity contribution in [3.63, 3.8) is 0 Å². The van der Waals surface area contributed by atoms with Gasteiger partial charge in [-0.05, 0) is 30.3 Å². The number of hydrogen-bond donors (Lipinski definition) is 0. The molecule has 0 saturated carbocycles. The highest BCUT2D eigenvalue weighted by atomic mass is 35.5. The number of rotatable bonds is 7. The summed E-state index contributed by atoms with van der Waals surface area (Å²) in [6.07, 6.45) is 0. The van der Waals surface area contributed by atoms with Crippen molar-refractivity contribution in [2.45, 2.75) is 13.1 Å². The van der Waals surface area contributed by atoms with Crippen LogP contribution in [-0.2, 0) is 13.1 Å². The van der Waals surface area contributed by atoms with Gasteiger partial charge in [0.2, 0.25) is 11.7 Å². The predicted molar refractivity (Wildman–Crippen MR) is 115 cm³/mol. The molecule has 1 aliphatic rings. The number of benzene rings is 2. The van der Waals surface area contributed by atoms with Crippen LogP contribution in [0.4, 0.5) is 0 Å². The van der Waals surface area contributed by atoms with Crippen LogP contribution < -0.4 is 9.47 Å². The van der Waals surface area contributed by atoms with Crippen LogP contribution in [0.3, 0.4) is 0 Å². The number of methoxy groups -OCH3 is 2. The molecular formula is C22H25ClN4O3. The third-order valence-corrected chi connectivity index (χ3v) is 5.49. The molecule has 0 atom stereocenters. The summed E-state index contributed by atoms with van der Waals surface area (Å²) in [7, 11) is 3.38. The fourth-order valence-corrected chi connectivity index (χ4v) is 3.80. The Balaban J connectivity index is 1.32. The van der Waals surface area contributed by atoms with Gasteiger partial charge >= 0.3 is 0 Å². The third-order valence-electron chi connectivity index (χ3n) is 5.26. The first-order chi connectivity index (χ1) is 14.6. The molecule has 1 aliphatic heterocycles. The highest BCUT2D eigenvalue weighted by Crippen LogP contribution is 2.26. The molecule has 0 unspecified atom stereocenters. The summed E-state index contributed by atoms with van der Waals surface area (Å²) in [4.78, 5) is 9.27. The zero-order valence-electron chi connectivity index (χ0n) is 17.2. The average Bonchev–Trinajstić information content (AvgIpc) is 3.23. The van der Waals surface area contributed by atoms with Crippen LogP contribution in [0, 0.1) is 0 Å². The van der Waals surface area contributed by atoms with Crippen LogP contribution in [0.5, 0.6) is 11.5 Å². The molecule has 4 rings (SSSR count). The maximum Gasteiger partial charge on any atom is 0.241 e. The summed E-state index contributed by atoms with van der Waals surface area (Å²) < 4.78 is 16.3. The molecule has 2 aromatic carbocycles. The highest BCUT2D eigenvalue weighted by molar-refractivity contribution is 6.30. The molecule has 158 valence electrons. The van der Waals surface area contributed by atoms with Crippen LogP contribution in [0.2, 0.25) is 5.02 Å². The lowest BCUT2D eigenvalue weighted by atomic mass is 10.1. The van der Waals surface area contributed by atoms with Crippen molar-refractivity contribution in [2.75, 3.05) is 40.4 Å². The van der Waals surface area contributed by atoms with Crippen LogP contribution in [0.1, 0.15) is 11.5 Å². The Labute approximate surface area is 181 Å². The second-order valence-electron chi connectivity index (χ2n) is 7.25. The third kappa shape index (κ3) is 4.92. The topological polar surface area (TPSA) is 63.9 Å². The van der Waals surface area contributed by atoms with E-state index >= 15 is 0 Å². The van der Waals surface area contributed by atoms with Crippen LogP contribution in [0.25, 0.3) is 11.4 Å². The lowest BCUT2D eigenvalue weighted by Gasteiger charge is -2.34. The Morgan fingerprint density at radius 2 is 1.73 bits per heavy atom. The van der Waals surface area contributed by atoms with Gasteiger partial charge in [-0.25, -0.2) is 0 Å². The maximum absolute atomic E-state index is 6.05. The van der Waals surface area contributed by atoms with E-state index in [9.17, 15) is 0 Å². The van der Waals surface area contributed by atoms with E-state index in [4.69, 9.17) is 25.6 Å². The predicted octanol–water partition coefficient (Wildman–Crippen LogP) is 3.73. The molecule has 0 aliphatic carbocycles. The zero-order valence-corrected chi connectivity index (χ0v) is 17.9. The summed E-state index contributed by atoms with van der Waals surface area (Å²) >= 11 is 6.05. The van der Waals surface area contributed by atoms with Gasteiger partial charge in [-0.3, -0.25) is 9.80 Å². The van der Waals surface area contributed by atoms with Crippen molar-refractivity contribution in [1.29, 1.82) is 0 Å². The number of nitrogens with zero attached hydrogens (tertiary/aromatic N) is 4. The average molecular weight is 429 g/mol. The van der Waals surface area contributed by atoms with Gasteiger partial charge in [-0.1, -0.05) is 28.9 Å². The van der Waals surface area contributed by atoms with Gasteiger partial charge in [0.1, 0.15) is 11.5 Å². The second-order valence-corrected chi connectivity index (χ2v) is 7.69. The van der Waals surface area contributed by atoms with Crippen LogP contribution >= 0.6 is 11.6 Å². The standard InChI is InChI=1S/C22H25ClN4O3/c1-28-19-6-7-20(29-2)17(13-19)14-26-8-10-27(11-9-26)15-21-24-22(25-30-21)16-4-3-5-18(23)12-16/h3-7,12-13H,8-11,14-15H2,1-2H3. The van der Waals surface area contributed by atoms with E-state index in [2.05, 4.69) is 19.9 Å². The Morgan fingerprint density at radius 1 is 0.967 bits per heavy atom. The van der Waals surface area contributed by atoms with E-state index in [0.717, 1.165) is 55.3 Å². The van der Waals surface area contributed by atoms with Crippen LogP contribution in [-0.4, -0.2) is 60.3 Å². The smallest absolute Gasteiger partial charge is 0.241 e. The van der Waals surface area contributed by atoms with Gasteiger partial charge in [0.15, 0.2) is 0 Å². The van der Waals surface area contributed by atoms with Gasteiger partial charge in [-0.15, -0.1) is 0 Å². The minimum atomic E-state index is 0.566. The van der Waals surface area contributed by atoms with E-state index in [1.807, 2.05) is 42.5 Å². The number of ether oxygens (including phenoxy) is 2. The molecule has 3 aromatic rings. The van der Waals surface area contributed by atoms with E-state index < -0.39 is 0 Å². The lowest BCUT2D eigenvalue weighted by molar-refractivity contribution is 0.111. The summed E-state index contributed by atoms with van der Waals surface area (Å²) in [5, 5.41) is 4.75. The fraction of sp³-hybridized carbons (Fsp3) is 0.364. The lowest BCUT2D eigenvalue weighted by Crippen LogP contribution is -2.45. The molecule has 30 heavy (non-hydrogen) atoms. The SMILES string of the molecule is COc1ccc(OC)c(CN2CCN(Cc3nc(-c4cccc(Cl)c4)no3)CC2)c1. The van der Waals surface area contributed by atoms with E-state index in [1.54, 1.807) is 14.2 Å². The fourth-order valence-electron chi connectivity index (χ4n) is 3.61. The van der Waals surface area contributed by atoms with Crippen molar-refractivity contribution in [3.8, 4) is 22.9 Å². The highest BCUT2D eigenvalue weighted by Gasteiger charge is 2.21. The molecule has 7 nitrogen and oxygen atoms in total. The number of aromatic nitrogens is 2. The van der Waals surface area contributed by atoms with E-state index in [-0.39, 0.29) is 0 Å². The second kappa shape index (κ2) is 9.47. The molecule has 2 heterocycles. The van der Waals surface area contributed by atoms with E-state index in [1.165, 1.54) is 0 Å². The summed E-state index contributed by atoms with van der Waals surface area (Å²) in [6.45, 7) is 5.24. The molecule has 0 bridgehead atoms. The number of hydrogen-bond acceptors (Lipinski definition) is 7. The minimum Gasteiger partial charge on any atom is -0.497 e. The minimum absolute atomic E-state index is 0.566. The Bertz CT molecular complexity index is 986. The molecule has 0 spiro atoms. The van der Waals surface area contributed by atoms with Crippen molar-refractivity contribution in [3.05, 3.63) is 58.9 Å². The maximum atomic E-state index is 6.05. The first-order valence-corrected chi connectivity index (χ1v) is 10.3. The van der Waals surface area contributed by atoms with E-state index in [0.29, 0.717) is 23.3 Å². The first kappa shape index (κ1) is 20.7. The normalized spacial score (nSPS) is 15.3.